The van der Waals surface area contributed by atoms with Gasteiger partial charge in [-0.15, -0.1) is 0 Å². The number of esters is 1. The first kappa shape index (κ1) is 20.6. The van der Waals surface area contributed by atoms with Crippen LogP contribution in [0.25, 0.3) is 0 Å². The van der Waals surface area contributed by atoms with Crippen molar-refractivity contribution < 1.29 is 13.9 Å². The molecule has 27 heavy (non-hydrogen) atoms. The number of carbonyl (C=O) groups is 1. The predicted octanol–water partition coefficient (Wildman–Crippen LogP) is 5.97. The van der Waals surface area contributed by atoms with E-state index in [1.807, 2.05) is 0 Å². The zero-order chi connectivity index (χ0) is 19.1. The number of nitriles is 1. The lowest BCUT2D eigenvalue weighted by Crippen LogP contribution is -2.32. The van der Waals surface area contributed by atoms with Gasteiger partial charge in [-0.1, -0.05) is 12.8 Å². The molecule has 3 fully saturated rings. The summed E-state index contributed by atoms with van der Waals surface area (Å²) in [5, 5.41) is 8.75. The number of hydrogen-bond donors (Lipinski definition) is 0. The molecule has 0 aromatic heterocycles. The average Bonchev–Trinajstić information content (AvgIpc) is 2.73. The molecule has 0 aliphatic heterocycles. The summed E-state index contributed by atoms with van der Waals surface area (Å²) in [4.78, 5) is 12.5. The van der Waals surface area contributed by atoms with Gasteiger partial charge in [-0.3, -0.25) is 9.18 Å². The van der Waals surface area contributed by atoms with E-state index in [4.69, 9.17) is 10.00 Å². The van der Waals surface area contributed by atoms with E-state index < -0.39 is 0 Å². The standard InChI is InChI=1S/C23H36FNO2/c24-16-18-5-13-22(14-6-18)27-23(26)21-11-9-20(10-12-21)19-7-3-17(4-8-19)2-1-15-25/h17-22H,1-14,16H2/t17?,18?,19?,20-,21-,22?. The summed E-state index contributed by atoms with van der Waals surface area (Å²) in [6.07, 6.45) is 14.7. The molecule has 4 heteroatoms. The summed E-state index contributed by atoms with van der Waals surface area (Å²) < 4.78 is 18.5. The zero-order valence-electron chi connectivity index (χ0n) is 16.7. The topological polar surface area (TPSA) is 50.1 Å². The number of halogens is 1. The van der Waals surface area contributed by atoms with Crippen molar-refractivity contribution in [2.75, 3.05) is 6.67 Å². The van der Waals surface area contributed by atoms with Gasteiger partial charge in [0, 0.05) is 6.42 Å². The Balaban J connectivity index is 1.34. The van der Waals surface area contributed by atoms with Crippen LogP contribution in [0.4, 0.5) is 4.39 Å². The second kappa shape index (κ2) is 10.4. The molecule has 3 nitrogen and oxygen atoms in total. The van der Waals surface area contributed by atoms with Crippen molar-refractivity contribution in [3.05, 3.63) is 0 Å². The van der Waals surface area contributed by atoms with Gasteiger partial charge in [0.25, 0.3) is 0 Å². The molecule has 0 atom stereocenters. The molecular weight excluding hydrogens is 341 g/mol. The van der Waals surface area contributed by atoms with Gasteiger partial charge in [0.15, 0.2) is 0 Å². The van der Waals surface area contributed by atoms with Crippen LogP contribution >= 0.6 is 0 Å². The Bertz CT molecular complexity index is 493. The Morgan fingerprint density at radius 3 is 1.96 bits per heavy atom. The molecule has 0 aromatic rings. The maximum atomic E-state index is 12.7. The van der Waals surface area contributed by atoms with Crippen molar-refractivity contribution in [3.63, 3.8) is 0 Å². The van der Waals surface area contributed by atoms with Gasteiger partial charge in [-0.2, -0.15) is 5.26 Å². The molecule has 3 rings (SSSR count). The Kier molecular flexibility index (Phi) is 7.97. The molecule has 0 unspecified atom stereocenters. The van der Waals surface area contributed by atoms with Crippen LogP contribution in [0.2, 0.25) is 0 Å². The van der Waals surface area contributed by atoms with Gasteiger partial charge in [0.2, 0.25) is 0 Å². The number of carbonyl (C=O) groups excluding carboxylic acids is 1. The molecule has 0 saturated heterocycles. The Morgan fingerprint density at radius 2 is 1.41 bits per heavy atom. The first-order chi connectivity index (χ1) is 13.2. The van der Waals surface area contributed by atoms with Crippen molar-refractivity contribution in [3.8, 4) is 6.07 Å². The molecule has 152 valence electrons. The van der Waals surface area contributed by atoms with Gasteiger partial charge in [-0.25, -0.2) is 0 Å². The lowest BCUT2D eigenvalue weighted by Gasteiger charge is -2.37. The largest absolute Gasteiger partial charge is 0.462 e. The third-order valence-corrected chi connectivity index (χ3v) is 7.62. The van der Waals surface area contributed by atoms with Gasteiger partial charge < -0.3 is 4.74 Å². The first-order valence-electron chi connectivity index (χ1n) is 11.3. The Morgan fingerprint density at radius 1 is 0.852 bits per heavy atom. The minimum atomic E-state index is -0.231. The van der Waals surface area contributed by atoms with E-state index in [-0.39, 0.29) is 30.6 Å². The van der Waals surface area contributed by atoms with Crippen LogP contribution in [0.15, 0.2) is 0 Å². The smallest absolute Gasteiger partial charge is 0.309 e. The van der Waals surface area contributed by atoms with Crippen molar-refractivity contribution in [2.45, 2.75) is 96.0 Å². The minimum absolute atomic E-state index is 0.0114. The average molecular weight is 378 g/mol. The van der Waals surface area contributed by atoms with E-state index in [1.54, 1.807) is 0 Å². The van der Waals surface area contributed by atoms with Crippen molar-refractivity contribution in [2.24, 2.45) is 29.6 Å². The van der Waals surface area contributed by atoms with Crippen LogP contribution in [0.5, 0.6) is 0 Å². The summed E-state index contributed by atoms with van der Waals surface area (Å²) in [5.41, 5.74) is 0. The molecule has 0 aromatic carbocycles. The lowest BCUT2D eigenvalue weighted by molar-refractivity contribution is -0.157. The monoisotopic (exact) mass is 377 g/mol. The van der Waals surface area contributed by atoms with Gasteiger partial charge >= 0.3 is 5.97 Å². The van der Waals surface area contributed by atoms with E-state index in [0.717, 1.165) is 62.7 Å². The molecule has 3 aliphatic rings. The highest BCUT2D eigenvalue weighted by Gasteiger charge is 2.34. The van der Waals surface area contributed by atoms with E-state index in [9.17, 15) is 9.18 Å². The molecule has 0 heterocycles. The first-order valence-corrected chi connectivity index (χ1v) is 11.3. The summed E-state index contributed by atoms with van der Waals surface area (Å²) in [6, 6.07) is 2.28. The van der Waals surface area contributed by atoms with Crippen LogP contribution in [0, 0.1) is 40.9 Å². The number of nitrogens with zero attached hydrogens (tertiary/aromatic N) is 1. The second-order valence-electron chi connectivity index (χ2n) is 9.32. The number of hydrogen-bond acceptors (Lipinski definition) is 3. The van der Waals surface area contributed by atoms with E-state index in [0.29, 0.717) is 6.42 Å². The summed E-state index contributed by atoms with van der Waals surface area (Å²) in [7, 11) is 0. The fourth-order valence-electron chi connectivity index (χ4n) is 5.71. The van der Waals surface area contributed by atoms with Crippen LogP contribution in [-0.2, 0) is 9.53 Å². The third-order valence-electron chi connectivity index (χ3n) is 7.62. The highest BCUT2D eigenvalue weighted by Crippen LogP contribution is 2.42. The molecule has 0 amide bonds. The van der Waals surface area contributed by atoms with Gasteiger partial charge in [0.05, 0.1) is 18.7 Å². The molecule has 3 saturated carbocycles. The number of alkyl halides is 1. The highest BCUT2D eigenvalue weighted by molar-refractivity contribution is 5.72. The SMILES string of the molecule is N#CCCC1CCC([C@H]2CC[C@H](C(=O)OC3CCC(CF)CC3)CC2)CC1. The fraction of sp³-hybridized carbons (Fsp3) is 0.913. The highest BCUT2D eigenvalue weighted by atomic mass is 19.1. The maximum Gasteiger partial charge on any atom is 0.309 e. The quantitative estimate of drug-likeness (QED) is 0.535. The number of ether oxygens (including phenoxy) is 1. The zero-order valence-corrected chi connectivity index (χ0v) is 16.7. The van der Waals surface area contributed by atoms with Crippen LogP contribution in [0.1, 0.15) is 89.9 Å². The van der Waals surface area contributed by atoms with Crippen LogP contribution in [-0.4, -0.2) is 18.7 Å². The molecule has 0 spiro atoms. The Hall–Kier alpha value is -1.11. The molecule has 0 N–H and O–H groups in total. The van der Waals surface area contributed by atoms with Crippen molar-refractivity contribution >= 4 is 5.97 Å². The molecule has 0 radical (unpaired) electrons. The summed E-state index contributed by atoms with van der Waals surface area (Å²) in [6.45, 7) is -0.231. The second-order valence-corrected chi connectivity index (χ2v) is 9.32. The maximum absolute atomic E-state index is 12.7. The van der Waals surface area contributed by atoms with E-state index >= 15 is 0 Å². The molecule has 3 aliphatic carbocycles. The predicted molar refractivity (Wildman–Crippen MR) is 104 cm³/mol. The Labute approximate surface area is 164 Å². The minimum Gasteiger partial charge on any atom is -0.462 e. The van der Waals surface area contributed by atoms with Crippen molar-refractivity contribution in [1.82, 2.24) is 0 Å². The van der Waals surface area contributed by atoms with Gasteiger partial charge in [0.1, 0.15) is 6.10 Å². The van der Waals surface area contributed by atoms with Crippen molar-refractivity contribution in [1.29, 1.82) is 5.26 Å². The van der Waals surface area contributed by atoms with Crippen LogP contribution in [0.3, 0.4) is 0 Å². The van der Waals surface area contributed by atoms with E-state index in [1.165, 1.54) is 38.5 Å². The van der Waals surface area contributed by atoms with Gasteiger partial charge in [-0.05, 0) is 94.3 Å². The van der Waals surface area contributed by atoms with Crippen LogP contribution < -0.4 is 0 Å². The summed E-state index contributed by atoms with van der Waals surface area (Å²) >= 11 is 0. The molecular formula is C23H36FNO2. The summed E-state index contributed by atoms with van der Waals surface area (Å²) in [5.74, 6) is 2.66. The normalized spacial score (nSPS) is 37.3. The molecule has 0 bridgehead atoms. The third kappa shape index (κ3) is 5.93. The number of rotatable bonds is 6. The fourth-order valence-corrected chi connectivity index (χ4v) is 5.71. The lowest BCUT2D eigenvalue weighted by atomic mass is 9.69. The van der Waals surface area contributed by atoms with E-state index in [2.05, 4.69) is 6.07 Å².